The molecule has 4 aromatic rings. The van der Waals surface area contributed by atoms with E-state index in [0.717, 1.165) is 50.8 Å². The van der Waals surface area contributed by atoms with Crippen LogP contribution in [0.1, 0.15) is 47.4 Å². The second kappa shape index (κ2) is 8.00. The highest BCUT2D eigenvalue weighted by molar-refractivity contribution is 5.86. The minimum absolute atomic E-state index is 0.351. The summed E-state index contributed by atoms with van der Waals surface area (Å²) in [5.74, 6) is 1.43. The first-order chi connectivity index (χ1) is 17.1. The van der Waals surface area contributed by atoms with Crippen LogP contribution in [0.4, 0.5) is 0 Å². The van der Waals surface area contributed by atoms with Crippen LogP contribution >= 0.6 is 0 Å². The van der Waals surface area contributed by atoms with Crippen molar-refractivity contribution in [3.05, 3.63) is 77.6 Å². The summed E-state index contributed by atoms with van der Waals surface area (Å²) in [5, 5.41) is 12.7. The number of aromatic hydroxyl groups is 1. The fraction of sp³-hybridized carbons (Fsp3) is 0.400. The minimum Gasteiger partial charge on any atom is -0.508 e. The summed E-state index contributed by atoms with van der Waals surface area (Å²) in [6.07, 6.45) is 6.65. The third-order valence-electron chi connectivity index (χ3n) is 9.18. The van der Waals surface area contributed by atoms with Crippen LogP contribution in [0.2, 0.25) is 0 Å². The topological polar surface area (TPSA) is 58.3 Å². The van der Waals surface area contributed by atoms with Gasteiger partial charge in [-0.15, -0.1) is 6.58 Å². The maximum Gasteiger partial charge on any atom is 0.116 e. The van der Waals surface area contributed by atoms with Gasteiger partial charge in [0.25, 0.3) is 0 Å². The van der Waals surface area contributed by atoms with Crippen molar-refractivity contribution in [3.8, 4) is 5.75 Å². The first-order valence-corrected chi connectivity index (χ1v) is 13.1. The first-order valence-electron chi connectivity index (χ1n) is 13.1. The van der Waals surface area contributed by atoms with Crippen LogP contribution in [0.15, 0.2) is 55.1 Å². The number of hydrogen-bond donors (Lipinski definition) is 3. The smallest absolute Gasteiger partial charge is 0.116 e. The summed E-state index contributed by atoms with van der Waals surface area (Å²) in [4.78, 5) is 12.8. The molecular formula is C30H34N4O. The maximum atomic E-state index is 10.1. The van der Waals surface area contributed by atoms with Gasteiger partial charge in [0.05, 0.1) is 12.1 Å². The van der Waals surface area contributed by atoms with E-state index >= 15 is 0 Å². The van der Waals surface area contributed by atoms with Gasteiger partial charge >= 0.3 is 0 Å². The lowest BCUT2D eigenvalue weighted by atomic mass is 9.74. The fourth-order valence-electron chi connectivity index (χ4n) is 7.33. The van der Waals surface area contributed by atoms with Gasteiger partial charge in [-0.2, -0.15) is 0 Å². The maximum absolute atomic E-state index is 10.1. The van der Waals surface area contributed by atoms with Crippen LogP contribution in [-0.4, -0.2) is 51.6 Å². The standard InChI is InChI=1S/C30H34N4O/c1-3-18-17-34-13-11-23-24-16-20(35)8-9-26(24)32-30(23)28(34)15-19(18)14-27-29-22(10-12-33(27)2)21-6-4-5-7-25(21)31-29/h3-9,16,18-19,27-28,31-32,35H,1,10-15,17H2,2H3/t18-,19-,27?,28-/m0/s1. The van der Waals surface area contributed by atoms with Crippen LogP contribution < -0.4 is 0 Å². The first kappa shape index (κ1) is 21.3. The molecule has 5 heterocycles. The van der Waals surface area contributed by atoms with Crippen molar-refractivity contribution in [2.75, 3.05) is 26.7 Å². The summed E-state index contributed by atoms with van der Waals surface area (Å²) < 4.78 is 0. The molecule has 0 amide bonds. The number of nitrogens with one attached hydrogen (secondary N) is 2. The van der Waals surface area contributed by atoms with Crippen molar-refractivity contribution >= 4 is 21.8 Å². The minimum atomic E-state index is 0.351. The molecule has 35 heavy (non-hydrogen) atoms. The van der Waals surface area contributed by atoms with Crippen molar-refractivity contribution in [3.63, 3.8) is 0 Å². The van der Waals surface area contributed by atoms with Gasteiger partial charge in [0.2, 0.25) is 0 Å². The third-order valence-corrected chi connectivity index (χ3v) is 9.18. The molecule has 0 bridgehead atoms. The van der Waals surface area contributed by atoms with E-state index in [1.807, 2.05) is 12.1 Å². The Balaban J connectivity index is 1.23. The summed E-state index contributed by atoms with van der Waals surface area (Å²) in [6.45, 7) is 7.53. The van der Waals surface area contributed by atoms with Gasteiger partial charge in [-0.3, -0.25) is 9.80 Å². The third kappa shape index (κ3) is 3.29. The zero-order chi connectivity index (χ0) is 23.7. The number of rotatable bonds is 3. The number of phenolic OH excluding ortho intramolecular Hbond substituents is 1. The zero-order valence-corrected chi connectivity index (χ0v) is 20.4. The number of hydrogen-bond acceptors (Lipinski definition) is 3. The molecule has 3 aliphatic heterocycles. The molecule has 1 unspecified atom stereocenters. The number of piperidine rings is 1. The largest absolute Gasteiger partial charge is 0.508 e. The van der Waals surface area contributed by atoms with E-state index in [4.69, 9.17) is 0 Å². The molecule has 2 aromatic carbocycles. The molecule has 0 radical (unpaired) electrons. The van der Waals surface area contributed by atoms with Crippen LogP contribution in [0.5, 0.6) is 5.75 Å². The van der Waals surface area contributed by atoms with Crippen molar-refractivity contribution in [1.82, 2.24) is 19.8 Å². The Morgan fingerprint density at radius 2 is 1.77 bits per heavy atom. The summed E-state index contributed by atoms with van der Waals surface area (Å²) in [5.41, 5.74) is 8.13. The second-order valence-electron chi connectivity index (χ2n) is 10.9. The van der Waals surface area contributed by atoms with Crippen molar-refractivity contribution in [1.29, 1.82) is 0 Å². The normalized spacial score (nSPS) is 27.0. The molecule has 3 aliphatic rings. The average molecular weight is 467 g/mol. The van der Waals surface area contributed by atoms with E-state index < -0.39 is 0 Å². The van der Waals surface area contributed by atoms with Gasteiger partial charge in [-0.1, -0.05) is 24.3 Å². The molecule has 0 aliphatic carbocycles. The van der Waals surface area contributed by atoms with E-state index in [-0.39, 0.29) is 0 Å². The Bertz CT molecular complexity index is 1430. The second-order valence-corrected chi connectivity index (χ2v) is 10.9. The van der Waals surface area contributed by atoms with Crippen molar-refractivity contribution < 1.29 is 5.11 Å². The Morgan fingerprint density at radius 1 is 1.00 bits per heavy atom. The number of nitrogens with zero attached hydrogens (tertiary/aromatic N) is 2. The number of phenols is 1. The highest BCUT2D eigenvalue weighted by atomic mass is 16.3. The molecule has 1 fully saturated rings. The average Bonchev–Trinajstić information content (AvgIpc) is 3.43. The molecule has 0 saturated carbocycles. The lowest BCUT2D eigenvalue weighted by Gasteiger charge is -2.47. The van der Waals surface area contributed by atoms with Crippen molar-refractivity contribution in [2.24, 2.45) is 11.8 Å². The number of aromatic nitrogens is 2. The predicted octanol–water partition coefficient (Wildman–Crippen LogP) is 5.70. The van der Waals surface area contributed by atoms with Gasteiger partial charge in [0, 0.05) is 52.8 Å². The fourth-order valence-corrected chi connectivity index (χ4v) is 7.33. The molecule has 0 spiro atoms. The summed E-state index contributed by atoms with van der Waals surface area (Å²) in [7, 11) is 2.29. The Morgan fingerprint density at radius 3 is 2.66 bits per heavy atom. The quantitative estimate of drug-likeness (QED) is 0.340. The van der Waals surface area contributed by atoms with Gasteiger partial charge in [-0.25, -0.2) is 0 Å². The molecule has 3 N–H and O–H groups in total. The van der Waals surface area contributed by atoms with E-state index in [1.54, 1.807) is 6.07 Å². The lowest BCUT2D eigenvalue weighted by molar-refractivity contribution is 0.0515. The molecule has 5 heteroatoms. The Hall–Kier alpha value is -3.02. The monoisotopic (exact) mass is 466 g/mol. The SMILES string of the molecule is C=C[C@H]1CN2CCc3c([nH]c4ccc(O)cc34)[C@@H]2C[C@@H]1CC1c2[nH]c3ccccc3c2CCN1C. The van der Waals surface area contributed by atoms with Crippen LogP contribution in [0.3, 0.4) is 0 Å². The van der Waals surface area contributed by atoms with Crippen LogP contribution in [-0.2, 0) is 12.8 Å². The molecule has 4 atom stereocenters. The molecule has 180 valence electrons. The van der Waals surface area contributed by atoms with E-state index in [9.17, 15) is 5.11 Å². The van der Waals surface area contributed by atoms with Gasteiger partial charge in [0.1, 0.15) is 5.75 Å². The predicted molar refractivity (Wildman–Crippen MR) is 142 cm³/mol. The summed E-state index contributed by atoms with van der Waals surface area (Å²) in [6, 6.07) is 15.3. The highest BCUT2D eigenvalue weighted by Crippen LogP contribution is 2.47. The number of fused-ring (bicyclic) bond motifs is 8. The van der Waals surface area contributed by atoms with Gasteiger partial charge in [0.15, 0.2) is 0 Å². The number of likely N-dealkylation sites (N-methyl/N-ethyl adjacent to an activating group) is 1. The van der Waals surface area contributed by atoms with Crippen LogP contribution in [0.25, 0.3) is 21.8 Å². The Kier molecular flexibility index (Phi) is 4.87. The number of aromatic amines is 2. The van der Waals surface area contributed by atoms with E-state index in [2.05, 4.69) is 63.7 Å². The molecule has 2 aromatic heterocycles. The van der Waals surface area contributed by atoms with Gasteiger partial charge < -0.3 is 15.1 Å². The number of para-hydroxylation sites is 1. The van der Waals surface area contributed by atoms with Gasteiger partial charge in [-0.05, 0) is 80.0 Å². The molecule has 5 nitrogen and oxygen atoms in total. The molecule has 7 rings (SSSR count). The van der Waals surface area contributed by atoms with E-state index in [0.29, 0.717) is 29.7 Å². The number of H-pyrrole nitrogens is 2. The lowest BCUT2D eigenvalue weighted by Crippen LogP contribution is -2.46. The molecule has 1 saturated heterocycles. The van der Waals surface area contributed by atoms with Crippen molar-refractivity contribution in [2.45, 2.75) is 37.8 Å². The number of benzene rings is 2. The zero-order valence-electron chi connectivity index (χ0n) is 20.4. The summed E-state index contributed by atoms with van der Waals surface area (Å²) >= 11 is 0. The Labute approximate surface area is 206 Å². The highest BCUT2D eigenvalue weighted by Gasteiger charge is 2.41. The van der Waals surface area contributed by atoms with E-state index in [1.165, 1.54) is 38.8 Å². The van der Waals surface area contributed by atoms with Crippen LogP contribution in [0, 0.1) is 11.8 Å². The molecular weight excluding hydrogens is 432 g/mol.